The van der Waals surface area contributed by atoms with Gasteiger partial charge in [-0.15, -0.1) is 0 Å². The molecule has 1 fully saturated rings. The molecule has 2 unspecified atom stereocenters. The van der Waals surface area contributed by atoms with E-state index in [1.807, 2.05) is 0 Å². The number of piperazine rings is 1. The first-order valence-electron chi connectivity index (χ1n) is 11.0. The van der Waals surface area contributed by atoms with Gasteiger partial charge < -0.3 is 21.3 Å². The first-order valence-corrected chi connectivity index (χ1v) is 12.5. The number of aliphatic imine (C=N–C) groups is 4. The van der Waals surface area contributed by atoms with Gasteiger partial charge in [-0.1, -0.05) is 58.5 Å². The zero-order chi connectivity index (χ0) is 25.4. The largest absolute Gasteiger partial charge is 0.370 e. The van der Waals surface area contributed by atoms with E-state index in [2.05, 4.69) is 30.4 Å². The summed E-state index contributed by atoms with van der Waals surface area (Å²) >= 11 is 24.8. The number of rotatable bonds is 2. The van der Waals surface area contributed by atoms with Gasteiger partial charge in [0.1, 0.15) is 0 Å². The predicted octanol–water partition coefficient (Wildman–Crippen LogP) is 3.16. The smallest absolute Gasteiger partial charge is 0.203 e. The fourth-order valence-electron chi connectivity index (χ4n) is 4.06. The lowest BCUT2D eigenvalue weighted by molar-refractivity contribution is 0.249. The van der Waals surface area contributed by atoms with Crippen molar-refractivity contribution in [3.63, 3.8) is 0 Å². The van der Waals surface area contributed by atoms with E-state index < -0.39 is 12.3 Å². The molecule has 0 aromatic heterocycles. The molecule has 3 aliphatic rings. The Morgan fingerprint density at radius 3 is 1.39 bits per heavy atom. The van der Waals surface area contributed by atoms with Crippen LogP contribution >= 0.6 is 46.4 Å². The fraction of sp³-hybridized carbons (Fsp3) is 0.273. The highest BCUT2D eigenvalue weighted by atomic mass is 35.5. The topological polar surface area (TPSA) is 132 Å². The number of guanidine groups is 4. The first-order chi connectivity index (χ1) is 17.3. The molecule has 0 spiro atoms. The number of halogens is 4. The van der Waals surface area contributed by atoms with E-state index in [0.717, 1.165) is 11.1 Å². The zero-order valence-corrected chi connectivity index (χ0v) is 21.8. The third-order valence-corrected chi connectivity index (χ3v) is 6.98. The van der Waals surface area contributed by atoms with Crippen LogP contribution < -0.4 is 22.1 Å². The van der Waals surface area contributed by atoms with E-state index in [4.69, 9.17) is 67.9 Å². The van der Waals surface area contributed by atoms with E-state index in [1.165, 1.54) is 0 Å². The average molecular weight is 568 g/mol. The summed E-state index contributed by atoms with van der Waals surface area (Å²) in [6.07, 6.45) is -1.12. The molecule has 5 rings (SSSR count). The van der Waals surface area contributed by atoms with E-state index in [-0.39, 0.29) is 11.9 Å². The molecule has 2 atom stereocenters. The maximum Gasteiger partial charge on any atom is 0.203 e. The van der Waals surface area contributed by atoms with Gasteiger partial charge in [-0.3, -0.25) is 10.6 Å². The van der Waals surface area contributed by atoms with Crippen molar-refractivity contribution < 1.29 is 0 Å². The highest BCUT2D eigenvalue weighted by Crippen LogP contribution is 2.32. The lowest BCUT2D eigenvalue weighted by Crippen LogP contribution is -2.59. The molecule has 0 bridgehead atoms. The van der Waals surface area contributed by atoms with Crippen molar-refractivity contribution in [2.24, 2.45) is 31.4 Å². The Balaban J connectivity index is 1.29. The van der Waals surface area contributed by atoms with Gasteiger partial charge in [-0.25, -0.2) is 20.0 Å². The molecule has 14 heteroatoms. The van der Waals surface area contributed by atoms with Crippen LogP contribution in [0.2, 0.25) is 20.1 Å². The number of nitrogens with zero attached hydrogens (tertiary/aromatic N) is 6. The molecule has 188 valence electrons. The molecular formula is C22H22Cl4N10. The van der Waals surface area contributed by atoms with Gasteiger partial charge in [0.05, 0.1) is 0 Å². The molecule has 3 aliphatic heterocycles. The summed E-state index contributed by atoms with van der Waals surface area (Å²) in [6, 6.07) is 10.4. The van der Waals surface area contributed by atoms with Crippen molar-refractivity contribution in [3.05, 3.63) is 67.6 Å². The molecule has 10 nitrogen and oxygen atoms in total. The van der Waals surface area contributed by atoms with Crippen LogP contribution in [0.25, 0.3) is 0 Å². The van der Waals surface area contributed by atoms with Gasteiger partial charge in [0.25, 0.3) is 0 Å². The zero-order valence-electron chi connectivity index (χ0n) is 18.8. The quantitative estimate of drug-likeness (QED) is 0.441. The predicted molar refractivity (Wildman–Crippen MR) is 146 cm³/mol. The summed E-state index contributed by atoms with van der Waals surface area (Å²) in [7, 11) is 0. The summed E-state index contributed by atoms with van der Waals surface area (Å²) in [6.45, 7) is 2.63. The third-order valence-electron chi connectivity index (χ3n) is 5.85. The van der Waals surface area contributed by atoms with Gasteiger partial charge in [0.2, 0.25) is 11.9 Å². The Kier molecular flexibility index (Phi) is 7.03. The molecule has 6 N–H and O–H groups in total. The number of hydrogen-bond acceptors (Lipinski definition) is 10. The number of nitrogens with one attached hydrogen (secondary N) is 2. The molecule has 36 heavy (non-hydrogen) atoms. The standard InChI is InChI=1S/C22H22Cl4N10/c23-11-1-3-13(15(25)9-11)17-29-19(27)33-21(31-17)35-5-7-36(8-6-35)22-32-18(30-20(28)34-22)14-4-2-12(24)10-16(14)26/h1-4,9-10,17-18H,5-8H2,(H3,27,29,31,33)(H3,28,30,32,34). The Morgan fingerprint density at radius 1 is 0.639 bits per heavy atom. The molecule has 3 heterocycles. The van der Waals surface area contributed by atoms with Gasteiger partial charge in [0, 0.05) is 57.4 Å². The summed E-state index contributed by atoms with van der Waals surface area (Å²) in [5.74, 6) is 1.79. The van der Waals surface area contributed by atoms with Crippen molar-refractivity contribution in [3.8, 4) is 0 Å². The third kappa shape index (κ3) is 5.27. The number of nitrogens with two attached hydrogens (primary N) is 2. The van der Waals surface area contributed by atoms with Crippen LogP contribution in [0.1, 0.15) is 23.5 Å². The Hall–Kier alpha value is -2.92. The average Bonchev–Trinajstić information content (AvgIpc) is 2.83. The summed E-state index contributed by atoms with van der Waals surface area (Å²) < 4.78 is 0. The highest BCUT2D eigenvalue weighted by Gasteiger charge is 2.29. The van der Waals surface area contributed by atoms with Crippen molar-refractivity contribution in [2.75, 3.05) is 26.2 Å². The van der Waals surface area contributed by atoms with Crippen molar-refractivity contribution in [2.45, 2.75) is 12.3 Å². The molecular weight excluding hydrogens is 546 g/mol. The van der Waals surface area contributed by atoms with E-state index in [9.17, 15) is 0 Å². The van der Waals surface area contributed by atoms with Gasteiger partial charge in [-0.2, -0.15) is 0 Å². The number of hydrogen-bond donors (Lipinski definition) is 4. The van der Waals surface area contributed by atoms with Crippen LogP contribution in [0, 0.1) is 0 Å². The second-order valence-electron chi connectivity index (χ2n) is 8.24. The first kappa shape index (κ1) is 24.8. The van der Waals surface area contributed by atoms with Crippen molar-refractivity contribution in [1.82, 2.24) is 20.4 Å². The summed E-state index contributed by atoms with van der Waals surface area (Å²) in [4.78, 5) is 22.5. The van der Waals surface area contributed by atoms with Crippen LogP contribution in [-0.2, 0) is 0 Å². The molecule has 2 aromatic rings. The van der Waals surface area contributed by atoms with Crippen LogP contribution in [0.15, 0.2) is 56.4 Å². The number of benzene rings is 2. The van der Waals surface area contributed by atoms with Gasteiger partial charge in [-0.05, 0) is 24.3 Å². The molecule has 0 aliphatic carbocycles. The summed E-state index contributed by atoms with van der Waals surface area (Å²) in [5.41, 5.74) is 13.6. The second-order valence-corrected chi connectivity index (χ2v) is 9.92. The van der Waals surface area contributed by atoms with E-state index in [0.29, 0.717) is 58.2 Å². The molecule has 1 saturated heterocycles. The normalized spacial score (nSPS) is 22.1. The maximum absolute atomic E-state index is 6.38. The fourth-order valence-corrected chi connectivity index (χ4v) is 5.07. The molecule has 0 saturated carbocycles. The highest BCUT2D eigenvalue weighted by molar-refractivity contribution is 6.35. The molecule has 2 aromatic carbocycles. The van der Waals surface area contributed by atoms with Crippen LogP contribution in [0.3, 0.4) is 0 Å². The second kappa shape index (κ2) is 10.2. The van der Waals surface area contributed by atoms with Gasteiger partial charge in [0.15, 0.2) is 24.3 Å². The lowest BCUT2D eigenvalue weighted by Gasteiger charge is -2.39. The van der Waals surface area contributed by atoms with Gasteiger partial charge >= 0.3 is 0 Å². The lowest BCUT2D eigenvalue weighted by atomic mass is 10.1. The van der Waals surface area contributed by atoms with Crippen LogP contribution in [-0.4, -0.2) is 59.8 Å². The van der Waals surface area contributed by atoms with Crippen LogP contribution in [0.4, 0.5) is 0 Å². The van der Waals surface area contributed by atoms with E-state index >= 15 is 0 Å². The maximum atomic E-state index is 6.38. The van der Waals surface area contributed by atoms with E-state index in [1.54, 1.807) is 36.4 Å². The minimum Gasteiger partial charge on any atom is -0.370 e. The molecule has 0 radical (unpaired) electrons. The Labute approximate surface area is 227 Å². The monoisotopic (exact) mass is 566 g/mol. The minimum absolute atomic E-state index is 0.267. The van der Waals surface area contributed by atoms with Crippen molar-refractivity contribution in [1.29, 1.82) is 0 Å². The molecule has 0 amide bonds. The Morgan fingerprint density at radius 2 is 1.03 bits per heavy atom. The SMILES string of the molecule is NC1=NC(c2ccc(Cl)cc2Cl)N=C(N2CCN(C3=NC(c4ccc(Cl)cc4Cl)N=C(N)N3)CC2)N1. The summed E-state index contributed by atoms with van der Waals surface area (Å²) in [5, 5.41) is 8.17. The Bertz CT molecular complexity index is 1200. The minimum atomic E-state index is -0.561. The van der Waals surface area contributed by atoms with Crippen LogP contribution in [0.5, 0.6) is 0 Å². The van der Waals surface area contributed by atoms with Crippen molar-refractivity contribution >= 4 is 70.2 Å².